The minimum Gasteiger partial charge on any atom is -0.447 e. The van der Waals surface area contributed by atoms with Crippen LogP contribution in [-0.4, -0.2) is 48.0 Å². The zero-order valence-corrected chi connectivity index (χ0v) is 13.6. The van der Waals surface area contributed by atoms with E-state index in [0.29, 0.717) is 18.4 Å². The lowest BCUT2D eigenvalue weighted by molar-refractivity contribution is -0.131. The van der Waals surface area contributed by atoms with Crippen LogP contribution in [0.3, 0.4) is 0 Å². The molecule has 0 bridgehead atoms. The van der Waals surface area contributed by atoms with E-state index in [1.165, 1.54) is 0 Å². The average Bonchev–Trinajstić information content (AvgIpc) is 3.20. The number of ether oxygens (including phenoxy) is 1. The fraction of sp³-hybridized carbons (Fsp3) is 0.474. The molecule has 0 saturated carbocycles. The highest BCUT2D eigenvalue weighted by Crippen LogP contribution is 2.33. The summed E-state index contributed by atoms with van der Waals surface area (Å²) in [6.07, 6.45) is 6.17. The first-order valence-electron chi connectivity index (χ1n) is 8.63. The van der Waals surface area contributed by atoms with Gasteiger partial charge in [0, 0.05) is 13.1 Å². The fourth-order valence-corrected chi connectivity index (χ4v) is 4.04. The molecule has 126 valence electrons. The normalized spacial score (nSPS) is 28.8. The molecule has 1 aromatic rings. The fourth-order valence-electron chi connectivity index (χ4n) is 4.04. The Bertz CT molecular complexity index is 642. The molecule has 0 radical (unpaired) electrons. The molecule has 0 unspecified atom stereocenters. The predicted molar refractivity (Wildman–Crippen MR) is 89.2 cm³/mol. The molecule has 0 N–H and O–H groups in total. The van der Waals surface area contributed by atoms with Crippen molar-refractivity contribution in [3.05, 3.63) is 48.0 Å². The zero-order chi connectivity index (χ0) is 16.5. The van der Waals surface area contributed by atoms with Crippen molar-refractivity contribution in [3.8, 4) is 0 Å². The van der Waals surface area contributed by atoms with Crippen LogP contribution in [0.25, 0.3) is 0 Å². The van der Waals surface area contributed by atoms with Crippen LogP contribution in [-0.2, 0) is 9.53 Å². The standard InChI is InChI=1S/C19H22N2O3/c22-18(20-10-15-8-4-5-9-16(15)11-20)12-21-17(13-24-19(21)23)14-6-2-1-3-7-14/h1-7,15-17H,8-13H2/t15-,16+,17-/m1/s1. The number of benzene rings is 1. The molecule has 0 aromatic heterocycles. The first-order valence-corrected chi connectivity index (χ1v) is 8.63. The molecule has 2 fully saturated rings. The van der Waals surface area contributed by atoms with Gasteiger partial charge in [0.2, 0.25) is 5.91 Å². The summed E-state index contributed by atoms with van der Waals surface area (Å²) in [5.74, 6) is 1.19. The van der Waals surface area contributed by atoms with Gasteiger partial charge in [0.1, 0.15) is 13.2 Å². The highest BCUT2D eigenvalue weighted by atomic mass is 16.6. The number of hydrogen-bond acceptors (Lipinski definition) is 3. The summed E-state index contributed by atoms with van der Waals surface area (Å²) >= 11 is 0. The molecular weight excluding hydrogens is 304 g/mol. The van der Waals surface area contributed by atoms with Crippen molar-refractivity contribution >= 4 is 12.0 Å². The number of likely N-dealkylation sites (tertiary alicyclic amines) is 1. The Labute approximate surface area is 141 Å². The largest absolute Gasteiger partial charge is 0.447 e. The van der Waals surface area contributed by atoms with Gasteiger partial charge in [-0.25, -0.2) is 4.79 Å². The van der Waals surface area contributed by atoms with Crippen LogP contribution < -0.4 is 0 Å². The molecule has 2 saturated heterocycles. The number of nitrogens with zero attached hydrogens (tertiary/aromatic N) is 2. The Morgan fingerprint density at radius 2 is 1.75 bits per heavy atom. The van der Waals surface area contributed by atoms with E-state index in [4.69, 9.17) is 4.74 Å². The number of carbonyl (C=O) groups excluding carboxylic acids is 2. The number of allylic oxidation sites excluding steroid dienone is 2. The average molecular weight is 326 g/mol. The molecule has 0 spiro atoms. The van der Waals surface area contributed by atoms with Crippen LogP contribution in [0.4, 0.5) is 4.79 Å². The van der Waals surface area contributed by atoms with Crippen molar-refractivity contribution in [2.24, 2.45) is 11.8 Å². The van der Waals surface area contributed by atoms with Gasteiger partial charge in [0.05, 0.1) is 6.04 Å². The lowest BCUT2D eigenvalue weighted by atomic mass is 9.86. The zero-order valence-electron chi connectivity index (χ0n) is 13.6. The van der Waals surface area contributed by atoms with Gasteiger partial charge in [-0.3, -0.25) is 9.69 Å². The summed E-state index contributed by atoms with van der Waals surface area (Å²) in [6, 6.07) is 9.60. The van der Waals surface area contributed by atoms with Crippen LogP contribution in [0.5, 0.6) is 0 Å². The lowest BCUT2D eigenvalue weighted by Crippen LogP contribution is -2.41. The molecule has 3 atom stereocenters. The number of rotatable bonds is 3. The second-order valence-corrected chi connectivity index (χ2v) is 6.89. The third-order valence-corrected chi connectivity index (χ3v) is 5.44. The van der Waals surface area contributed by atoms with Gasteiger partial charge in [0.25, 0.3) is 0 Å². The molecule has 2 heterocycles. The first kappa shape index (κ1) is 15.2. The van der Waals surface area contributed by atoms with Gasteiger partial charge in [0.15, 0.2) is 0 Å². The topological polar surface area (TPSA) is 49.9 Å². The van der Waals surface area contributed by atoms with E-state index < -0.39 is 6.09 Å². The third kappa shape index (κ3) is 2.79. The van der Waals surface area contributed by atoms with Crippen LogP contribution in [0.15, 0.2) is 42.5 Å². The van der Waals surface area contributed by atoms with E-state index in [0.717, 1.165) is 31.5 Å². The molecule has 5 heteroatoms. The van der Waals surface area contributed by atoms with Gasteiger partial charge in [-0.05, 0) is 30.2 Å². The monoisotopic (exact) mass is 326 g/mol. The number of cyclic esters (lactones) is 1. The Kier molecular flexibility index (Phi) is 4.00. The number of amides is 2. The van der Waals surface area contributed by atoms with E-state index in [2.05, 4.69) is 12.2 Å². The van der Waals surface area contributed by atoms with Crippen LogP contribution >= 0.6 is 0 Å². The quantitative estimate of drug-likeness (QED) is 0.802. The SMILES string of the molecule is O=C(CN1C(=O)OC[C@@H]1c1ccccc1)N1C[C@H]2CC=CC[C@H]2C1. The molecule has 2 aliphatic heterocycles. The maximum Gasteiger partial charge on any atom is 0.410 e. The second-order valence-electron chi connectivity index (χ2n) is 6.89. The highest BCUT2D eigenvalue weighted by Gasteiger charge is 2.39. The van der Waals surface area contributed by atoms with Crippen LogP contribution in [0.2, 0.25) is 0 Å². The summed E-state index contributed by atoms with van der Waals surface area (Å²) in [4.78, 5) is 28.3. The van der Waals surface area contributed by atoms with Gasteiger partial charge in [-0.1, -0.05) is 42.5 Å². The Hall–Kier alpha value is -2.30. The van der Waals surface area contributed by atoms with Crippen molar-refractivity contribution in [1.29, 1.82) is 0 Å². The van der Waals surface area contributed by atoms with Crippen molar-refractivity contribution in [3.63, 3.8) is 0 Å². The van der Waals surface area contributed by atoms with Crippen LogP contribution in [0.1, 0.15) is 24.4 Å². The second kappa shape index (κ2) is 6.30. The van der Waals surface area contributed by atoms with Crippen molar-refractivity contribution in [2.75, 3.05) is 26.2 Å². The Morgan fingerprint density at radius 1 is 1.08 bits per heavy atom. The summed E-state index contributed by atoms with van der Waals surface area (Å²) in [5.41, 5.74) is 1.01. The summed E-state index contributed by atoms with van der Waals surface area (Å²) < 4.78 is 5.20. The number of carbonyl (C=O) groups is 2. The maximum atomic E-state index is 12.7. The number of fused-ring (bicyclic) bond motifs is 1. The summed E-state index contributed by atoms with van der Waals surface area (Å²) in [6.45, 7) is 2.04. The highest BCUT2D eigenvalue weighted by molar-refractivity contribution is 5.83. The minimum absolute atomic E-state index is 0.0316. The van der Waals surface area contributed by atoms with E-state index in [1.54, 1.807) is 4.90 Å². The Morgan fingerprint density at radius 3 is 2.42 bits per heavy atom. The van der Waals surface area contributed by atoms with Crippen molar-refractivity contribution in [2.45, 2.75) is 18.9 Å². The molecule has 3 aliphatic rings. The molecule has 2 amide bonds. The summed E-state index contributed by atoms with van der Waals surface area (Å²) in [7, 11) is 0. The molecular formula is C19H22N2O3. The van der Waals surface area contributed by atoms with E-state index in [9.17, 15) is 9.59 Å². The predicted octanol–water partition coefficient (Wildman–Crippen LogP) is 2.60. The number of hydrogen-bond donors (Lipinski definition) is 0. The maximum absolute atomic E-state index is 12.7. The summed E-state index contributed by atoms with van der Waals surface area (Å²) in [5, 5.41) is 0. The molecule has 1 aromatic carbocycles. The van der Waals surface area contributed by atoms with Gasteiger partial charge in [-0.15, -0.1) is 0 Å². The van der Waals surface area contributed by atoms with E-state index in [-0.39, 0.29) is 18.5 Å². The van der Waals surface area contributed by atoms with E-state index in [1.807, 2.05) is 35.2 Å². The Balaban J connectivity index is 1.43. The van der Waals surface area contributed by atoms with Crippen molar-refractivity contribution in [1.82, 2.24) is 9.80 Å². The molecule has 1 aliphatic carbocycles. The van der Waals surface area contributed by atoms with E-state index >= 15 is 0 Å². The first-order chi connectivity index (χ1) is 11.7. The minimum atomic E-state index is -0.393. The third-order valence-electron chi connectivity index (χ3n) is 5.44. The van der Waals surface area contributed by atoms with Gasteiger partial charge >= 0.3 is 6.09 Å². The van der Waals surface area contributed by atoms with Crippen molar-refractivity contribution < 1.29 is 14.3 Å². The smallest absolute Gasteiger partial charge is 0.410 e. The molecule has 4 rings (SSSR count). The molecule has 5 nitrogen and oxygen atoms in total. The lowest BCUT2D eigenvalue weighted by Gasteiger charge is -2.24. The van der Waals surface area contributed by atoms with Crippen LogP contribution in [0, 0.1) is 11.8 Å². The molecule has 24 heavy (non-hydrogen) atoms. The van der Waals surface area contributed by atoms with Gasteiger partial charge < -0.3 is 9.64 Å². The van der Waals surface area contributed by atoms with Gasteiger partial charge in [-0.2, -0.15) is 0 Å².